The summed E-state index contributed by atoms with van der Waals surface area (Å²) in [4.78, 5) is 17.5. The molecule has 0 aliphatic carbocycles. The molecule has 2 aromatic carbocycles. The molecule has 7 nitrogen and oxygen atoms in total. The van der Waals surface area contributed by atoms with Crippen molar-refractivity contribution in [3.63, 3.8) is 0 Å². The highest BCUT2D eigenvalue weighted by Gasteiger charge is 2.30. The van der Waals surface area contributed by atoms with Gasteiger partial charge in [0.15, 0.2) is 0 Å². The van der Waals surface area contributed by atoms with Gasteiger partial charge in [-0.05, 0) is 42.8 Å². The van der Waals surface area contributed by atoms with Gasteiger partial charge in [0.25, 0.3) is 0 Å². The molecule has 0 saturated carbocycles. The molecule has 1 amide bonds. The SMILES string of the molecule is Cn1cc(-c2cc3c(-c4ccc(NC(=O)[C@@](C)(N)c5ccc(Cl)cc5)cc4)nccn3c2)cn1. The van der Waals surface area contributed by atoms with Crippen molar-refractivity contribution in [3.8, 4) is 22.4 Å². The molecule has 0 aliphatic rings. The smallest absolute Gasteiger partial charge is 0.248 e. The average Bonchev–Trinajstić information content (AvgIpc) is 3.46. The van der Waals surface area contributed by atoms with Crippen LogP contribution in [0.2, 0.25) is 5.02 Å². The number of amides is 1. The molecule has 0 spiro atoms. The molecule has 0 bridgehead atoms. The lowest BCUT2D eigenvalue weighted by atomic mass is 9.92. The summed E-state index contributed by atoms with van der Waals surface area (Å²) in [7, 11) is 1.90. The third kappa shape index (κ3) is 4.07. The number of aryl methyl sites for hydroxylation is 1. The first-order chi connectivity index (χ1) is 16.3. The Morgan fingerprint density at radius 1 is 1.03 bits per heavy atom. The second-order valence-electron chi connectivity index (χ2n) is 8.44. The second kappa shape index (κ2) is 8.44. The van der Waals surface area contributed by atoms with E-state index in [4.69, 9.17) is 17.3 Å². The molecule has 0 saturated heterocycles. The van der Waals surface area contributed by atoms with Crippen LogP contribution in [0.4, 0.5) is 5.69 Å². The Kier molecular flexibility index (Phi) is 5.43. The highest BCUT2D eigenvalue weighted by molar-refractivity contribution is 6.30. The molecular formula is C26H23ClN6O. The van der Waals surface area contributed by atoms with E-state index in [-0.39, 0.29) is 5.91 Å². The van der Waals surface area contributed by atoms with Crippen molar-refractivity contribution < 1.29 is 4.79 Å². The van der Waals surface area contributed by atoms with Crippen LogP contribution in [0.25, 0.3) is 27.9 Å². The standard InChI is InChI=1S/C26H23ClN6O/c1-26(28,20-5-7-21(27)8-6-20)25(34)31-22-9-3-17(4-10-22)24-23-13-18(16-33(23)12-11-29-24)19-14-30-32(2)15-19/h3-16H,28H2,1-2H3,(H,31,34)/t26-/m0/s1. The van der Waals surface area contributed by atoms with Gasteiger partial charge in [0.05, 0.1) is 17.4 Å². The average molecular weight is 471 g/mol. The predicted molar refractivity (Wildman–Crippen MR) is 134 cm³/mol. The number of fused-ring (bicyclic) bond motifs is 1. The number of carbonyl (C=O) groups excluding carboxylic acids is 1. The van der Waals surface area contributed by atoms with Gasteiger partial charge >= 0.3 is 0 Å². The topological polar surface area (TPSA) is 90.2 Å². The largest absolute Gasteiger partial charge is 0.324 e. The summed E-state index contributed by atoms with van der Waals surface area (Å²) in [5.41, 5.74) is 11.3. The van der Waals surface area contributed by atoms with Gasteiger partial charge in [0.2, 0.25) is 5.91 Å². The lowest BCUT2D eigenvalue weighted by molar-refractivity contribution is -0.120. The molecule has 5 rings (SSSR count). The number of halogens is 1. The van der Waals surface area contributed by atoms with Gasteiger partial charge in [-0.3, -0.25) is 14.5 Å². The lowest BCUT2D eigenvalue weighted by Gasteiger charge is -2.24. The van der Waals surface area contributed by atoms with E-state index in [0.717, 1.165) is 27.9 Å². The van der Waals surface area contributed by atoms with Crippen molar-refractivity contribution in [1.29, 1.82) is 0 Å². The maximum absolute atomic E-state index is 12.9. The van der Waals surface area contributed by atoms with Crippen LogP contribution in [-0.2, 0) is 17.4 Å². The first-order valence-corrected chi connectivity index (χ1v) is 11.1. The van der Waals surface area contributed by atoms with Gasteiger partial charge in [-0.15, -0.1) is 0 Å². The maximum atomic E-state index is 12.9. The molecule has 3 N–H and O–H groups in total. The Morgan fingerprint density at radius 3 is 2.44 bits per heavy atom. The van der Waals surface area contributed by atoms with E-state index in [9.17, 15) is 4.79 Å². The number of hydrogen-bond acceptors (Lipinski definition) is 4. The Morgan fingerprint density at radius 2 is 1.76 bits per heavy atom. The summed E-state index contributed by atoms with van der Waals surface area (Å²) in [5, 5.41) is 7.76. The fourth-order valence-corrected chi connectivity index (χ4v) is 4.01. The van der Waals surface area contributed by atoms with Crippen LogP contribution >= 0.6 is 11.6 Å². The van der Waals surface area contributed by atoms with Gasteiger partial charge in [-0.1, -0.05) is 35.9 Å². The first kappa shape index (κ1) is 21.9. The van der Waals surface area contributed by atoms with Gasteiger partial charge in [-0.2, -0.15) is 5.10 Å². The minimum absolute atomic E-state index is 0.310. The van der Waals surface area contributed by atoms with Crippen LogP contribution in [0, 0.1) is 0 Å². The van der Waals surface area contributed by atoms with E-state index in [0.29, 0.717) is 16.3 Å². The van der Waals surface area contributed by atoms with E-state index >= 15 is 0 Å². The van der Waals surface area contributed by atoms with Crippen molar-refractivity contribution in [3.05, 3.63) is 96.2 Å². The van der Waals surface area contributed by atoms with Crippen LogP contribution in [0.1, 0.15) is 12.5 Å². The van der Waals surface area contributed by atoms with Crippen molar-refractivity contribution in [2.45, 2.75) is 12.5 Å². The van der Waals surface area contributed by atoms with Crippen molar-refractivity contribution in [2.24, 2.45) is 12.8 Å². The number of rotatable bonds is 5. The fourth-order valence-electron chi connectivity index (χ4n) is 3.89. The molecule has 0 aliphatic heterocycles. The van der Waals surface area contributed by atoms with Gasteiger partial charge in [-0.25, -0.2) is 0 Å². The van der Waals surface area contributed by atoms with Crippen LogP contribution < -0.4 is 11.1 Å². The molecule has 0 radical (unpaired) electrons. The molecule has 3 heterocycles. The summed E-state index contributed by atoms with van der Waals surface area (Å²) in [5.74, 6) is -0.310. The normalized spacial score (nSPS) is 13.1. The summed E-state index contributed by atoms with van der Waals surface area (Å²) < 4.78 is 3.83. The Balaban J connectivity index is 1.39. The van der Waals surface area contributed by atoms with E-state index in [2.05, 4.69) is 27.7 Å². The Bertz CT molecular complexity index is 1480. The first-order valence-electron chi connectivity index (χ1n) is 10.7. The van der Waals surface area contributed by atoms with Gasteiger partial charge in [0, 0.05) is 59.2 Å². The lowest BCUT2D eigenvalue weighted by Crippen LogP contribution is -2.45. The number of anilines is 1. The number of carbonyl (C=O) groups is 1. The Hall–Kier alpha value is -3.94. The monoisotopic (exact) mass is 470 g/mol. The predicted octanol–water partition coefficient (Wildman–Crippen LogP) is 4.87. The van der Waals surface area contributed by atoms with Crippen molar-refractivity contribution in [2.75, 3.05) is 5.32 Å². The van der Waals surface area contributed by atoms with Gasteiger partial charge < -0.3 is 15.5 Å². The molecule has 8 heteroatoms. The zero-order chi connectivity index (χ0) is 23.9. The molecule has 3 aromatic heterocycles. The summed E-state index contributed by atoms with van der Waals surface area (Å²) >= 11 is 5.95. The number of nitrogens with zero attached hydrogens (tertiary/aromatic N) is 4. The second-order valence-corrected chi connectivity index (χ2v) is 8.88. The fraction of sp³-hybridized carbons (Fsp3) is 0.115. The molecular weight excluding hydrogens is 448 g/mol. The van der Waals surface area contributed by atoms with Crippen molar-refractivity contribution in [1.82, 2.24) is 19.2 Å². The number of aromatic nitrogens is 4. The zero-order valence-corrected chi connectivity index (χ0v) is 19.5. The third-order valence-corrected chi connectivity index (χ3v) is 6.14. The number of nitrogens with two attached hydrogens (primary N) is 1. The summed E-state index contributed by atoms with van der Waals surface area (Å²) in [6, 6.07) is 16.6. The van der Waals surface area contributed by atoms with Gasteiger partial charge in [0.1, 0.15) is 5.54 Å². The molecule has 1 atom stereocenters. The van der Waals surface area contributed by atoms with Crippen molar-refractivity contribution >= 4 is 28.7 Å². The highest BCUT2D eigenvalue weighted by Crippen LogP contribution is 2.29. The minimum Gasteiger partial charge on any atom is -0.324 e. The third-order valence-electron chi connectivity index (χ3n) is 5.89. The van der Waals surface area contributed by atoms with Crippen LogP contribution in [-0.4, -0.2) is 25.1 Å². The minimum atomic E-state index is -1.20. The number of nitrogens with one attached hydrogen (secondary N) is 1. The Labute approximate surface area is 201 Å². The molecule has 5 aromatic rings. The van der Waals surface area contributed by atoms with Crippen LogP contribution in [0.5, 0.6) is 0 Å². The van der Waals surface area contributed by atoms with E-state index in [1.54, 1.807) is 42.1 Å². The highest BCUT2D eigenvalue weighted by atomic mass is 35.5. The summed E-state index contributed by atoms with van der Waals surface area (Å²) in [6.45, 7) is 1.68. The molecule has 170 valence electrons. The number of hydrogen-bond donors (Lipinski definition) is 2. The van der Waals surface area contributed by atoms with E-state index in [1.807, 2.05) is 54.3 Å². The molecule has 34 heavy (non-hydrogen) atoms. The quantitative estimate of drug-likeness (QED) is 0.383. The van der Waals surface area contributed by atoms with Crippen LogP contribution in [0.15, 0.2) is 85.6 Å². The maximum Gasteiger partial charge on any atom is 0.248 e. The summed E-state index contributed by atoms with van der Waals surface area (Å²) in [6.07, 6.45) is 9.58. The molecule has 0 fully saturated rings. The van der Waals surface area contributed by atoms with E-state index in [1.165, 1.54) is 0 Å². The zero-order valence-electron chi connectivity index (χ0n) is 18.7. The number of benzene rings is 2. The van der Waals surface area contributed by atoms with E-state index < -0.39 is 5.54 Å². The van der Waals surface area contributed by atoms with Crippen LogP contribution in [0.3, 0.4) is 0 Å². The molecule has 0 unspecified atom stereocenters.